The van der Waals surface area contributed by atoms with Gasteiger partial charge in [-0.2, -0.15) is 0 Å². The van der Waals surface area contributed by atoms with Gasteiger partial charge in [0.1, 0.15) is 6.61 Å². The van der Waals surface area contributed by atoms with E-state index in [0.29, 0.717) is 22.5 Å². The highest BCUT2D eigenvalue weighted by Gasteiger charge is 2.13. The summed E-state index contributed by atoms with van der Waals surface area (Å²) in [5.74, 6) is 2.13. The molecule has 30 heavy (non-hydrogen) atoms. The van der Waals surface area contributed by atoms with Crippen LogP contribution in [0.1, 0.15) is 11.4 Å². The van der Waals surface area contributed by atoms with Crippen LogP contribution in [0.3, 0.4) is 0 Å². The molecular weight excluding hydrogens is 420 g/mol. The summed E-state index contributed by atoms with van der Waals surface area (Å²) in [5.41, 5.74) is 1.88. The SMILES string of the molecule is COc1cc(C)ccc1OCc1nnc(SCC(=O)Nc2cccc(SC)c2)n1C. The first-order valence-corrected chi connectivity index (χ1v) is 11.4. The summed E-state index contributed by atoms with van der Waals surface area (Å²) >= 11 is 2.96. The predicted molar refractivity (Wildman–Crippen MR) is 121 cm³/mol. The summed E-state index contributed by atoms with van der Waals surface area (Å²) in [6.45, 7) is 2.24. The third-order valence-electron chi connectivity index (χ3n) is 4.29. The molecule has 0 spiro atoms. The molecule has 0 saturated heterocycles. The van der Waals surface area contributed by atoms with Crippen molar-refractivity contribution in [2.75, 3.05) is 24.4 Å². The number of thioether (sulfide) groups is 2. The second kappa shape index (κ2) is 10.4. The molecule has 1 N–H and O–H groups in total. The Bertz CT molecular complexity index is 1020. The quantitative estimate of drug-likeness (QED) is 0.497. The van der Waals surface area contributed by atoms with E-state index in [2.05, 4.69) is 15.5 Å². The number of rotatable bonds is 9. The van der Waals surface area contributed by atoms with Crippen LogP contribution in [0.15, 0.2) is 52.5 Å². The first-order chi connectivity index (χ1) is 14.5. The minimum absolute atomic E-state index is 0.0940. The fourth-order valence-electron chi connectivity index (χ4n) is 2.66. The van der Waals surface area contributed by atoms with E-state index in [9.17, 15) is 4.79 Å². The molecule has 3 aromatic rings. The van der Waals surface area contributed by atoms with Crippen molar-refractivity contribution < 1.29 is 14.3 Å². The number of aryl methyl sites for hydroxylation is 1. The highest BCUT2D eigenvalue weighted by molar-refractivity contribution is 7.99. The Kier molecular flexibility index (Phi) is 7.64. The summed E-state index contributed by atoms with van der Waals surface area (Å²) in [4.78, 5) is 13.4. The van der Waals surface area contributed by atoms with Crippen LogP contribution in [0.5, 0.6) is 11.5 Å². The Balaban J connectivity index is 1.55. The minimum atomic E-state index is -0.0940. The van der Waals surface area contributed by atoms with Gasteiger partial charge in [-0.05, 0) is 49.1 Å². The van der Waals surface area contributed by atoms with Crippen molar-refractivity contribution >= 4 is 35.1 Å². The van der Waals surface area contributed by atoms with Gasteiger partial charge in [-0.15, -0.1) is 22.0 Å². The Hall–Kier alpha value is -2.65. The molecule has 0 saturated carbocycles. The van der Waals surface area contributed by atoms with Gasteiger partial charge in [-0.1, -0.05) is 23.9 Å². The van der Waals surface area contributed by atoms with E-state index >= 15 is 0 Å². The molecule has 0 aliphatic rings. The average molecular weight is 445 g/mol. The lowest BCUT2D eigenvalue weighted by Crippen LogP contribution is -2.14. The lowest BCUT2D eigenvalue weighted by Gasteiger charge is -2.11. The van der Waals surface area contributed by atoms with E-state index in [4.69, 9.17) is 9.47 Å². The van der Waals surface area contributed by atoms with Gasteiger partial charge in [0.15, 0.2) is 22.5 Å². The first kappa shape index (κ1) is 22.0. The van der Waals surface area contributed by atoms with Crippen LogP contribution in [0.25, 0.3) is 0 Å². The maximum absolute atomic E-state index is 12.3. The molecule has 0 fully saturated rings. The number of hydrogen-bond acceptors (Lipinski definition) is 7. The number of amides is 1. The number of carbonyl (C=O) groups is 1. The second-order valence-corrected chi connectivity index (χ2v) is 8.29. The molecule has 2 aromatic carbocycles. The molecule has 3 rings (SSSR count). The Labute approximate surface area is 184 Å². The maximum atomic E-state index is 12.3. The lowest BCUT2D eigenvalue weighted by molar-refractivity contribution is -0.113. The van der Waals surface area contributed by atoms with E-state index < -0.39 is 0 Å². The van der Waals surface area contributed by atoms with Gasteiger partial charge in [0.25, 0.3) is 0 Å². The Morgan fingerprint density at radius 2 is 2.00 bits per heavy atom. The number of anilines is 1. The molecule has 1 aromatic heterocycles. The van der Waals surface area contributed by atoms with Gasteiger partial charge in [-0.3, -0.25) is 4.79 Å². The number of nitrogens with one attached hydrogen (secondary N) is 1. The molecule has 0 aliphatic heterocycles. The average Bonchev–Trinajstić information content (AvgIpc) is 3.10. The molecule has 7 nitrogen and oxygen atoms in total. The van der Waals surface area contributed by atoms with Crippen LogP contribution in [0.4, 0.5) is 5.69 Å². The molecule has 1 amide bonds. The highest BCUT2D eigenvalue weighted by atomic mass is 32.2. The summed E-state index contributed by atoms with van der Waals surface area (Å²) < 4.78 is 13.0. The summed E-state index contributed by atoms with van der Waals surface area (Å²) in [7, 11) is 3.47. The van der Waals surface area contributed by atoms with Crippen LogP contribution in [0.2, 0.25) is 0 Å². The zero-order valence-electron chi connectivity index (χ0n) is 17.3. The van der Waals surface area contributed by atoms with Crippen LogP contribution < -0.4 is 14.8 Å². The smallest absolute Gasteiger partial charge is 0.234 e. The molecular formula is C21H24N4O3S2. The van der Waals surface area contributed by atoms with Crippen LogP contribution in [-0.4, -0.2) is 39.8 Å². The number of ether oxygens (including phenoxy) is 2. The van der Waals surface area contributed by atoms with Gasteiger partial charge in [-0.25, -0.2) is 0 Å². The minimum Gasteiger partial charge on any atom is -0.493 e. The monoisotopic (exact) mass is 444 g/mol. The lowest BCUT2D eigenvalue weighted by atomic mass is 10.2. The largest absolute Gasteiger partial charge is 0.493 e. The molecule has 0 bridgehead atoms. The highest BCUT2D eigenvalue weighted by Crippen LogP contribution is 2.28. The van der Waals surface area contributed by atoms with Crippen molar-refractivity contribution in [1.29, 1.82) is 0 Å². The van der Waals surface area contributed by atoms with E-state index in [1.165, 1.54) is 11.8 Å². The molecule has 0 atom stereocenters. The van der Waals surface area contributed by atoms with Crippen LogP contribution in [-0.2, 0) is 18.4 Å². The number of benzene rings is 2. The summed E-state index contributed by atoms with van der Waals surface area (Å²) in [6.07, 6.45) is 2.00. The van der Waals surface area contributed by atoms with Crippen LogP contribution in [0, 0.1) is 6.92 Å². The number of carbonyl (C=O) groups excluding carboxylic acids is 1. The number of methoxy groups -OCH3 is 1. The molecule has 158 valence electrons. The molecule has 0 radical (unpaired) electrons. The fraction of sp³-hybridized carbons (Fsp3) is 0.286. The first-order valence-electron chi connectivity index (χ1n) is 9.22. The maximum Gasteiger partial charge on any atom is 0.234 e. The van der Waals surface area contributed by atoms with E-state index in [0.717, 1.165) is 16.1 Å². The fourth-order valence-corrected chi connectivity index (χ4v) is 3.85. The topological polar surface area (TPSA) is 78.3 Å². The van der Waals surface area contributed by atoms with Crippen molar-refractivity contribution in [3.8, 4) is 11.5 Å². The Morgan fingerprint density at radius 1 is 1.17 bits per heavy atom. The normalized spacial score (nSPS) is 10.7. The zero-order valence-corrected chi connectivity index (χ0v) is 19.0. The van der Waals surface area contributed by atoms with Crippen LogP contribution >= 0.6 is 23.5 Å². The standard InChI is InChI=1S/C21H24N4O3S2/c1-14-8-9-17(18(10-14)27-3)28-12-19-23-24-21(25(19)2)30-13-20(26)22-15-6-5-7-16(11-15)29-4/h5-11H,12-13H2,1-4H3,(H,22,26). The van der Waals surface area contributed by atoms with Crippen molar-refractivity contribution in [2.24, 2.45) is 7.05 Å². The summed E-state index contributed by atoms with van der Waals surface area (Å²) in [6, 6.07) is 13.5. The molecule has 1 heterocycles. The van der Waals surface area contributed by atoms with E-state index in [-0.39, 0.29) is 18.3 Å². The number of nitrogens with zero attached hydrogens (tertiary/aromatic N) is 3. The third-order valence-corrected chi connectivity index (χ3v) is 6.03. The van der Waals surface area contributed by atoms with E-state index in [1.807, 2.05) is 67.3 Å². The van der Waals surface area contributed by atoms with Gasteiger partial charge in [0, 0.05) is 17.6 Å². The summed E-state index contributed by atoms with van der Waals surface area (Å²) in [5, 5.41) is 11.9. The molecule has 0 unspecified atom stereocenters. The van der Waals surface area contributed by atoms with Crippen molar-refractivity contribution in [2.45, 2.75) is 23.6 Å². The second-order valence-electron chi connectivity index (χ2n) is 6.47. The number of hydrogen-bond donors (Lipinski definition) is 1. The van der Waals surface area contributed by atoms with Crippen molar-refractivity contribution in [3.05, 3.63) is 53.9 Å². The van der Waals surface area contributed by atoms with Gasteiger partial charge < -0.3 is 19.4 Å². The molecule has 9 heteroatoms. The van der Waals surface area contributed by atoms with Gasteiger partial charge in [0.2, 0.25) is 5.91 Å². The predicted octanol–water partition coefficient (Wildman–Crippen LogP) is 4.16. The van der Waals surface area contributed by atoms with E-state index in [1.54, 1.807) is 18.9 Å². The van der Waals surface area contributed by atoms with Crippen molar-refractivity contribution in [1.82, 2.24) is 14.8 Å². The Morgan fingerprint density at radius 3 is 2.77 bits per heavy atom. The van der Waals surface area contributed by atoms with Gasteiger partial charge in [0.05, 0.1) is 12.9 Å². The van der Waals surface area contributed by atoms with Crippen molar-refractivity contribution in [3.63, 3.8) is 0 Å². The molecule has 0 aliphatic carbocycles. The van der Waals surface area contributed by atoms with Gasteiger partial charge >= 0.3 is 0 Å². The zero-order chi connectivity index (χ0) is 21.5. The number of aromatic nitrogens is 3. The third kappa shape index (κ3) is 5.70.